The summed E-state index contributed by atoms with van der Waals surface area (Å²) in [6, 6.07) is 10.3. The van der Waals surface area contributed by atoms with Crippen molar-refractivity contribution in [2.75, 3.05) is 6.61 Å². The number of aryl methyl sites for hydroxylation is 1. The molecule has 1 aromatic rings. The van der Waals surface area contributed by atoms with Crippen LogP contribution in [0.25, 0.3) is 0 Å². The minimum absolute atomic E-state index is 0.0671. The zero-order valence-electron chi connectivity index (χ0n) is 9.64. The van der Waals surface area contributed by atoms with Gasteiger partial charge in [0, 0.05) is 6.61 Å². The van der Waals surface area contributed by atoms with Gasteiger partial charge in [-0.05, 0) is 37.7 Å². The average Bonchev–Trinajstić information content (AvgIpc) is 2.38. The molecule has 1 N–H and O–H groups in total. The van der Waals surface area contributed by atoms with Crippen molar-refractivity contribution in [3.8, 4) is 0 Å². The summed E-state index contributed by atoms with van der Waals surface area (Å²) in [4.78, 5) is 0. The van der Waals surface area contributed by atoms with E-state index in [1.807, 2.05) is 18.2 Å². The number of rotatable bonds is 4. The Hall–Kier alpha value is -0.860. The van der Waals surface area contributed by atoms with Gasteiger partial charge in [0.1, 0.15) is 0 Å². The highest BCUT2D eigenvalue weighted by Gasteiger charge is 2.21. The van der Waals surface area contributed by atoms with Crippen LogP contribution in [0.4, 0.5) is 0 Å². The number of ether oxygens (including phenoxy) is 1. The van der Waals surface area contributed by atoms with E-state index in [2.05, 4.69) is 12.1 Å². The first-order valence-corrected chi connectivity index (χ1v) is 6.20. The van der Waals surface area contributed by atoms with Crippen LogP contribution >= 0.6 is 0 Å². The van der Waals surface area contributed by atoms with Crippen molar-refractivity contribution in [2.24, 2.45) is 0 Å². The van der Waals surface area contributed by atoms with Crippen molar-refractivity contribution in [2.45, 2.75) is 44.3 Å². The number of aliphatic hydroxyl groups excluding tert-OH is 1. The van der Waals surface area contributed by atoms with Gasteiger partial charge in [0.05, 0.1) is 12.2 Å². The maximum Gasteiger partial charge on any atom is 0.0834 e. The first kappa shape index (κ1) is 11.6. The third kappa shape index (κ3) is 3.32. The van der Waals surface area contributed by atoms with Gasteiger partial charge in [-0.25, -0.2) is 0 Å². The van der Waals surface area contributed by atoms with Gasteiger partial charge in [-0.1, -0.05) is 30.3 Å². The second-order valence-electron chi connectivity index (χ2n) is 4.50. The predicted octanol–water partition coefficient (Wildman–Crippen LogP) is 2.55. The van der Waals surface area contributed by atoms with Gasteiger partial charge in [0.25, 0.3) is 0 Å². The smallest absolute Gasteiger partial charge is 0.0834 e. The molecule has 1 fully saturated rings. The fourth-order valence-corrected chi connectivity index (χ4v) is 2.21. The van der Waals surface area contributed by atoms with Crippen molar-refractivity contribution in [3.63, 3.8) is 0 Å². The van der Waals surface area contributed by atoms with Crippen LogP contribution < -0.4 is 0 Å². The quantitative estimate of drug-likeness (QED) is 0.845. The summed E-state index contributed by atoms with van der Waals surface area (Å²) < 4.78 is 5.58. The molecule has 2 unspecified atom stereocenters. The zero-order valence-corrected chi connectivity index (χ0v) is 9.64. The van der Waals surface area contributed by atoms with Gasteiger partial charge < -0.3 is 9.84 Å². The summed E-state index contributed by atoms with van der Waals surface area (Å²) in [6.07, 6.45) is 4.83. The Kier molecular flexibility index (Phi) is 4.37. The molecule has 1 aromatic carbocycles. The summed E-state index contributed by atoms with van der Waals surface area (Å²) in [5.74, 6) is 0. The maximum absolute atomic E-state index is 10.0. The molecule has 0 amide bonds. The van der Waals surface area contributed by atoms with Crippen molar-refractivity contribution in [1.29, 1.82) is 0 Å². The second kappa shape index (κ2) is 6.02. The van der Waals surface area contributed by atoms with Gasteiger partial charge in [0.15, 0.2) is 0 Å². The maximum atomic E-state index is 10.0. The average molecular weight is 220 g/mol. The van der Waals surface area contributed by atoms with Crippen LogP contribution in [0.1, 0.15) is 31.2 Å². The van der Waals surface area contributed by atoms with Crippen LogP contribution in [0.15, 0.2) is 30.3 Å². The third-order valence-electron chi connectivity index (χ3n) is 3.22. The Morgan fingerprint density at radius 3 is 2.75 bits per heavy atom. The highest BCUT2D eigenvalue weighted by molar-refractivity contribution is 5.14. The van der Waals surface area contributed by atoms with Crippen molar-refractivity contribution in [3.05, 3.63) is 35.9 Å². The molecular formula is C14H20O2. The Morgan fingerprint density at radius 1 is 1.25 bits per heavy atom. The molecule has 0 spiro atoms. The lowest BCUT2D eigenvalue weighted by atomic mass is 9.98. The van der Waals surface area contributed by atoms with Crippen molar-refractivity contribution >= 4 is 0 Å². The molecule has 2 atom stereocenters. The topological polar surface area (TPSA) is 29.5 Å². The number of benzene rings is 1. The van der Waals surface area contributed by atoms with Gasteiger partial charge in [-0.15, -0.1) is 0 Å². The fourth-order valence-electron chi connectivity index (χ4n) is 2.21. The molecule has 0 aromatic heterocycles. The molecule has 2 heteroatoms. The lowest BCUT2D eigenvalue weighted by molar-refractivity contribution is -0.0640. The fraction of sp³-hybridized carbons (Fsp3) is 0.571. The van der Waals surface area contributed by atoms with E-state index < -0.39 is 0 Å². The van der Waals surface area contributed by atoms with Crippen LogP contribution in [0.5, 0.6) is 0 Å². The largest absolute Gasteiger partial charge is 0.390 e. The van der Waals surface area contributed by atoms with Crippen LogP contribution in [0.2, 0.25) is 0 Å². The monoisotopic (exact) mass is 220 g/mol. The Labute approximate surface area is 97.3 Å². The molecule has 1 heterocycles. The molecule has 0 saturated carbocycles. The standard InChI is InChI=1S/C14H20O2/c15-13(14-8-4-5-11-16-14)10-9-12-6-2-1-3-7-12/h1-3,6-7,13-15H,4-5,8-11H2. The summed E-state index contributed by atoms with van der Waals surface area (Å²) in [6.45, 7) is 0.813. The van der Waals surface area contributed by atoms with Crippen LogP contribution in [0.3, 0.4) is 0 Å². The SMILES string of the molecule is OC(CCc1ccccc1)C1CCCCO1. The van der Waals surface area contributed by atoms with Crippen LogP contribution in [-0.2, 0) is 11.2 Å². The zero-order chi connectivity index (χ0) is 11.2. The van der Waals surface area contributed by atoms with E-state index in [1.54, 1.807) is 0 Å². The third-order valence-corrected chi connectivity index (χ3v) is 3.22. The van der Waals surface area contributed by atoms with Crippen LogP contribution in [0, 0.1) is 0 Å². The minimum Gasteiger partial charge on any atom is -0.390 e. The summed E-state index contributed by atoms with van der Waals surface area (Å²) in [7, 11) is 0. The molecule has 0 bridgehead atoms. The van der Waals surface area contributed by atoms with E-state index in [-0.39, 0.29) is 12.2 Å². The van der Waals surface area contributed by atoms with E-state index in [0.29, 0.717) is 0 Å². The lowest BCUT2D eigenvalue weighted by Crippen LogP contribution is -2.32. The Balaban J connectivity index is 1.76. The predicted molar refractivity (Wildman–Crippen MR) is 64.4 cm³/mol. The second-order valence-corrected chi connectivity index (χ2v) is 4.50. The van der Waals surface area contributed by atoms with E-state index in [1.165, 1.54) is 12.0 Å². The van der Waals surface area contributed by atoms with E-state index >= 15 is 0 Å². The normalized spacial score (nSPS) is 22.9. The van der Waals surface area contributed by atoms with Gasteiger partial charge >= 0.3 is 0 Å². The molecule has 16 heavy (non-hydrogen) atoms. The Bertz CT molecular complexity index is 291. The van der Waals surface area contributed by atoms with E-state index in [4.69, 9.17) is 4.74 Å². The molecule has 88 valence electrons. The summed E-state index contributed by atoms with van der Waals surface area (Å²) in [5.41, 5.74) is 1.29. The molecule has 1 aliphatic heterocycles. The molecule has 2 rings (SSSR count). The number of aliphatic hydroxyl groups is 1. The first-order chi connectivity index (χ1) is 7.86. The highest BCUT2D eigenvalue weighted by atomic mass is 16.5. The minimum atomic E-state index is -0.305. The van der Waals surface area contributed by atoms with Crippen molar-refractivity contribution < 1.29 is 9.84 Å². The number of hydrogen-bond donors (Lipinski definition) is 1. The molecule has 1 saturated heterocycles. The van der Waals surface area contributed by atoms with Gasteiger partial charge in [-0.3, -0.25) is 0 Å². The molecule has 1 aliphatic rings. The summed E-state index contributed by atoms with van der Waals surface area (Å²) in [5, 5.41) is 10.0. The molecule has 0 aliphatic carbocycles. The molecular weight excluding hydrogens is 200 g/mol. The van der Waals surface area contributed by atoms with Crippen LogP contribution in [-0.4, -0.2) is 23.9 Å². The van der Waals surface area contributed by atoms with E-state index in [9.17, 15) is 5.11 Å². The van der Waals surface area contributed by atoms with E-state index in [0.717, 1.165) is 32.3 Å². The van der Waals surface area contributed by atoms with Crippen molar-refractivity contribution in [1.82, 2.24) is 0 Å². The first-order valence-electron chi connectivity index (χ1n) is 6.20. The lowest BCUT2D eigenvalue weighted by Gasteiger charge is -2.27. The molecule has 0 radical (unpaired) electrons. The summed E-state index contributed by atoms with van der Waals surface area (Å²) >= 11 is 0. The number of hydrogen-bond acceptors (Lipinski definition) is 2. The highest BCUT2D eigenvalue weighted by Crippen LogP contribution is 2.18. The molecule has 2 nitrogen and oxygen atoms in total. The Morgan fingerprint density at radius 2 is 2.06 bits per heavy atom. The van der Waals surface area contributed by atoms with Gasteiger partial charge in [-0.2, -0.15) is 0 Å². The van der Waals surface area contributed by atoms with Gasteiger partial charge in [0.2, 0.25) is 0 Å².